The fourth-order valence-corrected chi connectivity index (χ4v) is 2.70. The summed E-state index contributed by atoms with van der Waals surface area (Å²) < 4.78 is 0. The molecule has 0 bridgehead atoms. The van der Waals surface area contributed by atoms with Crippen LogP contribution in [0.1, 0.15) is 48.5 Å². The molecular formula is C13H30N2. The quantitative estimate of drug-likeness (QED) is 0.783. The first-order chi connectivity index (χ1) is 6.45. The van der Waals surface area contributed by atoms with E-state index in [2.05, 4.69) is 60.4 Å². The van der Waals surface area contributed by atoms with Gasteiger partial charge in [-0.15, -0.1) is 0 Å². The van der Waals surface area contributed by atoms with Gasteiger partial charge in [-0.2, -0.15) is 0 Å². The average molecular weight is 214 g/mol. The molecule has 0 aliphatic carbocycles. The summed E-state index contributed by atoms with van der Waals surface area (Å²) >= 11 is 0. The Hall–Kier alpha value is -0.0800. The van der Waals surface area contributed by atoms with Crippen LogP contribution in [-0.4, -0.2) is 30.6 Å². The Kier molecular flexibility index (Phi) is 4.81. The molecule has 0 aliphatic rings. The van der Waals surface area contributed by atoms with Crippen molar-refractivity contribution in [3.8, 4) is 0 Å². The van der Waals surface area contributed by atoms with Crippen LogP contribution in [0.3, 0.4) is 0 Å². The van der Waals surface area contributed by atoms with Crippen molar-refractivity contribution in [2.75, 3.05) is 13.6 Å². The fraction of sp³-hybridized carbons (Fsp3) is 1.00. The Morgan fingerprint density at radius 2 is 1.47 bits per heavy atom. The van der Waals surface area contributed by atoms with Gasteiger partial charge in [0.05, 0.1) is 0 Å². The van der Waals surface area contributed by atoms with Gasteiger partial charge >= 0.3 is 0 Å². The second-order valence-corrected chi connectivity index (χ2v) is 7.15. The Labute approximate surface area is 96.2 Å². The van der Waals surface area contributed by atoms with Gasteiger partial charge in [-0.25, -0.2) is 0 Å². The third-order valence-electron chi connectivity index (χ3n) is 2.58. The molecule has 0 aliphatic heterocycles. The zero-order valence-electron chi connectivity index (χ0n) is 11.9. The second-order valence-electron chi connectivity index (χ2n) is 7.15. The van der Waals surface area contributed by atoms with Crippen molar-refractivity contribution in [2.45, 2.75) is 60.5 Å². The van der Waals surface area contributed by atoms with Gasteiger partial charge in [-0.3, -0.25) is 0 Å². The summed E-state index contributed by atoms with van der Waals surface area (Å²) in [5, 5.41) is 0. The van der Waals surface area contributed by atoms with Gasteiger partial charge in [-0.1, -0.05) is 41.5 Å². The minimum Gasteiger partial charge on any atom is -0.327 e. The van der Waals surface area contributed by atoms with E-state index in [1.165, 1.54) is 0 Å². The molecule has 2 heteroatoms. The SMILES string of the molecule is CC(N)C(N(C)CC(C)(C)C)C(C)(C)C. The lowest BCUT2D eigenvalue weighted by Crippen LogP contribution is -2.53. The summed E-state index contributed by atoms with van der Waals surface area (Å²) in [6, 6.07) is 0.633. The minimum absolute atomic E-state index is 0.206. The number of rotatable bonds is 3. The number of likely N-dealkylation sites (N-methyl/N-ethyl adjacent to an activating group) is 1. The Balaban J connectivity index is 4.66. The maximum atomic E-state index is 6.10. The summed E-state index contributed by atoms with van der Waals surface area (Å²) in [5.41, 5.74) is 6.66. The Bertz CT molecular complexity index is 184. The third kappa shape index (κ3) is 5.53. The highest BCUT2D eigenvalue weighted by Crippen LogP contribution is 2.28. The van der Waals surface area contributed by atoms with Gasteiger partial charge in [0.1, 0.15) is 0 Å². The van der Waals surface area contributed by atoms with E-state index in [0.717, 1.165) is 6.54 Å². The highest BCUT2D eigenvalue weighted by atomic mass is 15.2. The van der Waals surface area contributed by atoms with E-state index in [4.69, 9.17) is 5.73 Å². The number of hydrogen-bond donors (Lipinski definition) is 1. The van der Waals surface area contributed by atoms with Crippen LogP contribution in [0.5, 0.6) is 0 Å². The summed E-state index contributed by atoms with van der Waals surface area (Å²) in [6.45, 7) is 16.8. The van der Waals surface area contributed by atoms with E-state index in [1.54, 1.807) is 0 Å². The molecule has 0 amide bonds. The van der Waals surface area contributed by atoms with Crippen molar-refractivity contribution >= 4 is 0 Å². The number of nitrogens with zero attached hydrogens (tertiary/aromatic N) is 1. The molecule has 0 spiro atoms. The fourth-order valence-electron chi connectivity index (χ4n) is 2.70. The molecule has 0 aromatic carbocycles. The summed E-state index contributed by atoms with van der Waals surface area (Å²) in [7, 11) is 2.19. The zero-order valence-corrected chi connectivity index (χ0v) is 11.9. The standard InChI is InChI=1S/C13H30N2/c1-10(14)11(13(5,6)7)15(8)9-12(2,3)4/h10-11H,9,14H2,1-8H3. The Morgan fingerprint density at radius 1 is 1.07 bits per heavy atom. The van der Waals surface area contributed by atoms with Crippen LogP contribution in [0.4, 0.5) is 0 Å². The highest BCUT2D eigenvalue weighted by molar-refractivity contribution is 4.89. The van der Waals surface area contributed by atoms with E-state index in [0.29, 0.717) is 11.5 Å². The van der Waals surface area contributed by atoms with Crippen molar-refractivity contribution < 1.29 is 0 Å². The van der Waals surface area contributed by atoms with Crippen LogP contribution >= 0.6 is 0 Å². The Morgan fingerprint density at radius 3 is 1.67 bits per heavy atom. The van der Waals surface area contributed by atoms with E-state index < -0.39 is 0 Å². The summed E-state index contributed by atoms with van der Waals surface area (Å²) in [5.74, 6) is 0. The smallest absolute Gasteiger partial charge is 0.0290 e. The lowest BCUT2D eigenvalue weighted by molar-refractivity contribution is 0.0770. The first kappa shape index (κ1) is 14.9. The van der Waals surface area contributed by atoms with Crippen molar-refractivity contribution in [1.82, 2.24) is 4.90 Å². The molecule has 2 unspecified atom stereocenters. The molecule has 15 heavy (non-hydrogen) atoms. The molecule has 2 N–H and O–H groups in total. The van der Waals surface area contributed by atoms with Crippen molar-refractivity contribution in [3.05, 3.63) is 0 Å². The van der Waals surface area contributed by atoms with E-state index in [9.17, 15) is 0 Å². The summed E-state index contributed by atoms with van der Waals surface area (Å²) in [6.07, 6.45) is 0. The first-order valence-electron chi connectivity index (χ1n) is 5.91. The van der Waals surface area contributed by atoms with Gasteiger partial charge in [0.15, 0.2) is 0 Å². The van der Waals surface area contributed by atoms with Gasteiger partial charge < -0.3 is 10.6 Å². The molecule has 0 saturated heterocycles. The molecule has 92 valence electrons. The molecular weight excluding hydrogens is 184 g/mol. The normalized spacial score (nSPS) is 18.0. The van der Waals surface area contributed by atoms with E-state index in [1.807, 2.05) is 0 Å². The molecule has 0 aromatic heterocycles. The van der Waals surface area contributed by atoms with Crippen LogP contribution < -0.4 is 5.73 Å². The van der Waals surface area contributed by atoms with Gasteiger partial charge in [-0.05, 0) is 24.8 Å². The molecule has 0 rings (SSSR count). The second kappa shape index (κ2) is 4.84. The maximum absolute atomic E-state index is 6.10. The highest BCUT2D eigenvalue weighted by Gasteiger charge is 2.32. The van der Waals surface area contributed by atoms with Crippen LogP contribution in [0, 0.1) is 10.8 Å². The van der Waals surface area contributed by atoms with Crippen LogP contribution in [0.2, 0.25) is 0 Å². The molecule has 2 atom stereocenters. The minimum atomic E-state index is 0.206. The first-order valence-corrected chi connectivity index (χ1v) is 5.91. The predicted octanol–water partition coefficient (Wildman–Crippen LogP) is 2.73. The average Bonchev–Trinajstić information content (AvgIpc) is 1.74. The maximum Gasteiger partial charge on any atom is 0.0290 e. The molecule has 0 radical (unpaired) electrons. The largest absolute Gasteiger partial charge is 0.327 e. The van der Waals surface area contributed by atoms with Crippen LogP contribution in [-0.2, 0) is 0 Å². The number of nitrogens with two attached hydrogens (primary N) is 1. The van der Waals surface area contributed by atoms with E-state index in [-0.39, 0.29) is 11.5 Å². The number of hydrogen-bond acceptors (Lipinski definition) is 2. The monoisotopic (exact) mass is 214 g/mol. The third-order valence-corrected chi connectivity index (χ3v) is 2.58. The molecule has 0 fully saturated rings. The lowest BCUT2D eigenvalue weighted by Gasteiger charge is -2.43. The molecule has 0 saturated carbocycles. The molecule has 0 aromatic rings. The topological polar surface area (TPSA) is 29.3 Å². The van der Waals surface area contributed by atoms with Crippen LogP contribution in [0.15, 0.2) is 0 Å². The van der Waals surface area contributed by atoms with Crippen molar-refractivity contribution in [1.29, 1.82) is 0 Å². The van der Waals surface area contributed by atoms with Gasteiger partial charge in [0.2, 0.25) is 0 Å². The molecule has 0 heterocycles. The van der Waals surface area contributed by atoms with Gasteiger partial charge in [0.25, 0.3) is 0 Å². The van der Waals surface area contributed by atoms with Crippen molar-refractivity contribution in [2.24, 2.45) is 16.6 Å². The van der Waals surface area contributed by atoms with Gasteiger partial charge in [0, 0.05) is 18.6 Å². The molecule has 2 nitrogen and oxygen atoms in total. The lowest BCUT2D eigenvalue weighted by atomic mass is 9.81. The van der Waals surface area contributed by atoms with Crippen LogP contribution in [0.25, 0.3) is 0 Å². The predicted molar refractivity (Wildman–Crippen MR) is 69.0 cm³/mol. The van der Waals surface area contributed by atoms with Crippen molar-refractivity contribution in [3.63, 3.8) is 0 Å². The summed E-state index contributed by atoms with van der Waals surface area (Å²) in [4.78, 5) is 2.41. The van der Waals surface area contributed by atoms with E-state index >= 15 is 0 Å². The zero-order chi connectivity index (χ0) is 12.4.